The largest absolute Gasteiger partial charge is 0.396 e. The molecule has 7 heteroatoms. The van der Waals surface area contributed by atoms with Gasteiger partial charge in [0.15, 0.2) is 0 Å². The van der Waals surface area contributed by atoms with Crippen LogP contribution in [-0.2, 0) is 0 Å². The van der Waals surface area contributed by atoms with Crippen LogP contribution >= 0.6 is 0 Å². The van der Waals surface area contributed by atoms with Gasteiger partial charge in [-0.25, -0.2) is 0 Å². The molecule has 0 radical (unpaired) electrons. The maximum atomic E-state index is 13.4. The van der Waals surface area contributed by atoms with Crippen LogP contribution < -0.4 is 5.32 Å². The molecular weight excluding hydrogens is 279 g/mol. The molecular formula is C14H19FN2O4. The zero-order valence-corrected chi connectivity index (χ0v) is 11.8. The second kappa shape index (κ2) is 8.31. The lowest BCUT2D eigenvalue weighted by Crippen LogP contribution is -2.29. The fourth-order valence-corrected chi connectivity index (χ4v) is 2.07. The Labute approximate surface area is 122 Å². The third-order valence-corrected chi connectivity index (χ3v) is 3.19. The molecule has 1 aromatic rings. The van der Waals surface area contributed by atoms with E-state index in [1.54, 1.807) is 0 Å². The summed E-state index contributed by atoms with van der Waals surface area (Å²) >= 11 is 0. The monoisotopic (exact) mass is 298 g/mol. The Morgan fingerprint density at radius 3 is 2.71 bits per heavy atom. The van der Waals surface area contributed by atoms with E-state index in [0.29, 0.717) is 13.0 Å². The van der Waals surface area contributed by atoms with Gasteiger partial charge in [0.25, 0.3) is 5.91 Å². The first-order valence-corrected chi connectivity index (χ1v) is 6.82. The highest BCUT2D eigenvalue weighted by atomic mass is 19.1. The van der Waals surface area contributed by atoms with Gasteiger partial charge in [-0.15, -0.1) is 0 Å². The van der Waals surface area contributed by atoms with Crippen molar-refractivity contribution in [3.8, 4) is 0 Å². The number of halogens is 1. The highest BCUT2D eigenvalue weighted by molar-refractivity contribution is 5.94. The number of benzene rings is 1. The number of carbonyl (C=O) groups excluding carboxylic acids is 1. The standard InChI is InChI=1S/C14H19FN2O4/c1-2-3-10(6-7-18)9-16-14(19)11-4-5-13(17(20)21)12(15)8-11/h4-5,8,10,18H,2-3,6-7,9H2,1H3,(H,16,19). The molecule has 0 aliphatic carbocycles. The van der Waals surface area contributed by atoms with Crippen LogP contribution in [0.3, 0.4) is 0 Å². The molecule has 1 atom stereocenters. The SMILES string of the molecule is CCCC(CCO)CNC(=O)c1ccc([N+](=O)[O-])c(F)c1. The predicted octanol–water partition coefficient (Wildman–Crippen LogP) is 2.26. The van der Waals surface area contributed by atoms with Crippen LogP contribution in [0.15, 0.2) is 18.2 Å². The Morgan fingerprint density at radius 1 is 1.48 bits per heavy atom. The molecule has 0 saturated heterocycles. The number of carbonyl (C=O) groups is 1. The van der Waals surface area contributed by atoms with E-state index in [-0.39, 0.29) is 18.1 Å². The molecule has 0 aromatic heterocycles. The van der Waals surface area contributed by atoms with E-state index in [1.165, 1.54) is 6.07 Å². The van der Waals surface area contributed by atoms with E-state index in [0.717, 1.165) is 25.0 Å². The molecule has 1 aromatic carbocycles. The van der Waals surface area contributed by atoms with E-state index in [2.05, 4.69) is 5.32 Å². The molecule has 0 aliphatic rings. The van der Waals surface area contributed by atoms with E-state index in [4.69, 9.17) is 5.11 Å². The van der Waals surface area contributed by atoms with Crippen molar-refractivity contribution in [3.63, 3.8) is 0 Å². The first-order chi connectivity index (χ1) is 9.99. The van der Waals surface area contributed by atoms with Crippen molar-refractivity contribution < 1.29 is 19.2 Å². The van der Waals surface area contributed by atoms with Crippen LogP contribution in [0.25, 0.3) is 0 Å². The van der Waals surface area contributed by atoms with E-state index < -0.39 is 22.3 Å². The van der Waals surface area contributed by atoms with Crippen LogP contribution in [0.2, 0.25) is 0 Å². The van der Waals surface area contributed by atoms with Crippen LogP contribution in [0.4, 0.5) is 10.1 Å². The Morgan fingerprint density at radius 2 is 2.19 bits per heavy atom. The van der Waals surface area contributed by atoms with Gasteiger partial charge in [0.2, 0.25) is 5.82 Å². The highest BCUT2D eigenvalue weighted by Crippen LogP contribution is 2.18. The van der Waals surface area contributed by atoms with Gasteiger partial charge < -0.3 is 10.4 Å². The summed E-state index contributed by atoms with van der Waals surface area (Å²) in [7, 11) is 0. The highest BCUT2D eigenvalue weighted by Gasteiger charge is 2.17. The molecule has 1 rings (SSSR count). The predicted molar refractivity (Wildman–Crippen MR) is 75.5 cm³/mol. The summed E-state index contributed by atoms with van der Waals surface area (Å²) in [5.41, 5.74) is -0.618. The molecule has 116 valence electrons. The van der Waals surface area contributed by atoms with E-state index in [9.17, 15) is 19.3 Å². The van der Waals surface area contributed by atoms with E-state index >= 15 is 0 Å². The third-order valence-electron chi connectivity index (χ3n) is 3.19. The summed E-state index contributed by atoms with van der Waals surface area (Å²) in [4.78, 5) is 21.5. The Hall–Kier alpha value is -2.02. The Balaban J connectivity index is 2.67. The quantitative estimate of drug-likeness (QED) is 0.568. The zero-order chi connectivity index (χ0) is 15.8. The van der Waals surface area contributed by atoms with Crippen molar-refractivity contribution in [2.45, 2.75) is 26.2 Å². The van der Waals surface area contributed by atoms with Gasteiger partial charge in [-0.2, -0.15) is 4.39 Å². The van der Waals surface area contributed by atoms with Crippen molar-refractivity contribution in [2.75, 3.05) is 13.2 Å². The molecule has 0 spiro atoms. The summed E-state index contributed by atoms with van der Waals surface area (Å²) in [6.07, 6.45) is 2.39. The summed E-state index contributed by atoms with van der Waals surface area (Å²) in [6, 6.07) is 3.05. The summed E-state index contributed by atoms with van der Waals surface area (Å²) in [5, 5.41) is 22.1. The average molecular weight is 298 g/mol. The van der Waals surface area contributed by atoms with Crippen molar-refractivity contribution in [1.29, 1.82) is 0 Å². The fourth-order valence-electron chi connectivity index (χ4n) is 2.07. The number of hydrogen-bond donors (Lipinski definition) is 2. The number of nitro benzene ring substituents is 1. The number of aliphatic hydroxyl groups excluding tert-OH is 1. The minimum atomic E-state index is -1.03. The number of aliphatic hydroxyl groups is 1. The molecule has 0 aliphatic heterocycles. The van der Waals surface area contributed by atoms with Gasteiger partial charge in [0.1, 0.15) is 0 Å². The third kappa shape index (κ3) is 5.11. The van der Waals surface area contributed by atoms with Crippen molar-refractivity contribution in [2.24, 2.45) is 5.92 Å². The van der Waals surface area contributed by atoms with Crippen molar-refractivity contribution in [1.82, 2.24) is 5.32 Å². The summed E-state index contributed by atoms with van der Waals surface area (Å²) < 4.78 is 13.4. The van der Waals surface area contributed by atoms with Crippen LogP contribution in [0, 0.1) is 21.8 Å². The lowest BCUT2D eigenvalue weighted by atomic mass is 10.00. The normalized spacial score (nSPS) is 12.0. The zero-order valence-electron chi connectivity index (χ0n) is 11.8. The maximum absolute atomic E-state index is 13.4. The topological polar surface area (TPSA) is 92.5 Å². The first-order valence-electron chi connectivity index (χ1n) is 6.82. The molecule has 1 amide bonds. The molecule has 6 nitrogen and oxygen atoms in total. The van der Waals surface area contributed by atoms with Gasteiger partial charge in [-0.05, 0) is 30.9 Å². The maximum Gasteiger partial charge on any atom is 0.304 e. The molecule has 21 heavy (non-hydrogen) atoms. The lowest BCUT2D eigenvalue weighted by Gasteiger charge is -2.15. The minimum Gasteiger partial charge on any atom is -0.396 e. The van der Waals surface area contributed by atoms with Crippen LogP contribution in [0.1, 0.15) is 36.5 Å². The smallest absolute Gasteiger partial charge is 0.304 e. The lowest BCUT2D eigenvalue weighted by molar-refractivity contribution is -0.387. The van der Waals surface area contributed by atoms with Crippen LogP contribution in [0.5, 0.6) is 0 Å². The van der Waals surface area contributed by atoms with Crippen molar-refractivity contribution in [3.05, 3.63) is 39.7 Å². The number of rotatable bonds is 8. The Kier molecular flexibility index (Phi) is 6.74. The van der Waals surface area contributed by atoms with Gasteiger partial charge >= 0.3 is 5.69 Å². The van der Waals surface area contributed by atoms with E-state index in [1.807, 2.05) is 6.92 Å². The number of hydrogen-bond acceptors (Lipinski definition) is 4. The molecule has 1 unspecified atom stereocenters. The number of amides is 1. The fraction of sp³-hybridized carbons (Fsp3) is 0.500. The number of nitro groups is 1. The number of nitrogens with one attached hydrogen (secondary N) is 1. The molecule has 2 N–H and O–H groups in total. The summed E-state index contributed by atoms with van der Waals surface area (Å²) in [5.74, 6) is -1.36. The van der Waals surface area contributed by atoms with Crippen molar-refractivity contribution >= 4 is 11.6 Å². The first kappa shape index (κ1) is 17.0. The minimum absolute atomic E-state index is 0.0392. The van der Waals surface area contributed by atoms with Gasteiger partial charge in [0.05, 0.1) is 4.92 Å². The summed E-state index contributed by atoms with van der Waals surface area (Å²) in [6.45, 7) is 2.44. The van der Waals surface area contributed by atoms with Crippen LogP contribution in [-0.4, -0.2) is 29.1 Å². The van der Waals surface area contributed by atoms with Gasteiger partial charge in [-0.3, -0.25) is 14.9 Å². The second-order valence-corrected chi connectivity index (χ2v) is 4.80. The average Bonchev–Trinajstić information content (AvgIpc) is 2.44. The van der Waals surface area contributed by atoms with Gasteiger partial charge in [-0.1, -0.05) is 13.3 Å². The molecule has 0 fully saturated rings. The molecule has 0 heterocycles. The van der Waals surface area contributed by atoms with Gasteiger partial charge in [0, 0.05) is 24.8 Å². The number of nitrogens with zero attached hydrogens (tertiary/aromatic N) is 1. The second-order valence-electron chi connectivity index (χ2n) is 4.80. The molecule has 0 saturated carbocycles. The molecule has 0 bridgehead atoms. The Bertz CT molecular complexity index is 502.